The van der Waals surface area contributed by atoms with E-state index in [-0.39, 0.29) is 23.2 Å². The van der Waals surface area contributed by atoms with Gasteiger partial charge in [0, 0.05) is 11.8 Å². The van der Waals surface area contributed by atoms with Crippen LogP contribution in [0.2, 0.25) is 0 Å². The second kappa shape index (κ2) is 5.38. The summed E-state index contributed by atoms with van der Waals surface area (Å²) in [5.74, 6) is 0.362. The molecule has 0 saturated heterocycles. The van der Waals surface area contributed by atoms with Crippen molar-refractivity contribution in [1.82, 2.24) is 0 Å². The SMILES string of the molecule is CC(C)(C)O[C@H]1C[C@@H](O)[C@H]2C[C@]12COCc1ccccc1. The van der Waals surface area contributed by atoms with Crippen LogP contribution in [0.1, 0.15) is 39.2 Å². The number of hydrogen-bond donors (Lipinski definition) is 1. The Kier molecular flexibility index (Phi) is 3.85. The minimum atomic E-state index is -0.224. The average Bonchev–Trinajstić information content (AvgIpc) is 3.08. The highest BCUT2D eigenvalue weighted by atomic mass is 16.5. The molecular formula is C18H26O3. The molecule has 3 nitrogen and oxygen atoms in total. The molecule has 4 atom stereocenters. The van der Waals surface area contributed by atoms with Gasteiger partial charge in [0.25, 0.3) is 0 Å². The standard InChI is InChI=1S/C18H26O3/c1-17(2,3)21-16-9-15(19)14-10-18(14,16)12-20-11-13-7-5-4-6-8-13/h4-8,14-16,19H,9-12H2,1-3H3/t14-,15-,16+,18-/m1/s1. The summed E-state index contributed by atoms with van der Waals surface area (Å²) < 4.78 is 12.1. The van der Waals surface area contributed by atoms with Crippen LogP contribution in [-0.4, -0.2) is 29.5 Å². The van der Waals surface area contributed by atoms with Gasteiger partial charge in [-0.05, 0) is 38.7 Å². The smallest absolute Gasteiger partial charge is 0.0717 e. The molecule has 0 bridgehead atoms. The monoisotopic (exact) mass is 290 g/mol. The first-order valence-corrected chi connectivity index (χ1v) is 7.88. The van der Waals surface area contributed by atoms with E-state index in [0.717, 1.165) is 12.8 Å². The maximum atomic E-state index is 10.2. The van der Waals surface area contributed by atoms with E-state index in [9.17, 15) is 5.11 Å². The van der Waals surface area contributed by atoms with E-state index in [1.807, 2.05) is 18.2 Å². The van der Waals surface area contributed by atoms with Crippen LogP contribution in [0.15, 0.2) is 30.3 Å². The summed E-state index contributed by atoms with van der Waals surface area (Å²) in [5.41, 5.74) is 1.06. The fourth-order valence-electron chi connectivity index (χ4n) is 3.64. The Morgan fingerprint density at radius 3 is 2.57 bits per heavy atom. The van der Waals surface area contributed by atoms with Gasteiger partial charge in [0.15, 0.2) is 0 Å². The van der Waals surface area contributed by atoms with Gasteiger partial charge in [-0.25, -0.2) is 0 Å². The van der Waals surface area contributed by atoms with Crippen molar-refractivity contribution in [2.75, 3.05) is 6.61 Å². The molecule has 2 fully saturated rings. The molecule has 0 amide bonds. The van der Waals surface area contributed by atoms with Crippen LogP contribution < -0.4 is 0 Å². The number of ether oxygens (including phenoxy) is 2. The Morgan fingerprint density at radius 2 is 1.95 bits per heavy atom. The van der Waals surface area contributed by atoms with E-state index in [1.54, 1.807) is 0 Å². The number of hydrogen-bond acceptors (Lipinski definition) is 3. The third-order valence-electron chi connectivity index (χ3n) is 4.72. The highest BCUT2D eigenvalue weighted by Gasteiger charge is 2.68. The Morgan fingerprint density at radius 1 is 1.24 bits per heavy atom. The van der Waals surface area contributed by atoms with E-state index < -0.39 is 0 Å². The fraction of sp³-hybridized carbons (Fsp3) is 0.667. The zero-order valence-corrected chi connectivity index (χ0v) is 13.2. The molecule has 0 radical (unpaired) electrons. The lowest BCUT2D eigenvalue weighted by molar-refractivity contribution is -0.105. The van der Waals surface area contributed by atoms with E-state index in [0.29, 0.717) is 19.1 Å². The lowest BCUT2D eigenvalue weighted by Crippen LogP contribution is -2.35. The Labute approximate surface area is 127 Å². The predicted octanol–water partition coefficient (Wildman–Crippen LogP) is 3.16. The third kappa shape index (κ3) is 3.15. The summed E-state index contributed by atoms with van der Waals surface area (Å²) in [6.45, 7) is 7.55. The molecule has 3 heteroatoms. The van der Waals surface area contributed by atoms with Crippen LogP contribution in [0.4, 0.5) is 0 Å². The van der Waals surface area contributed by atoms with Gasteiger partial charge in [-0.15, -0.1) is 0 Å². The van der Waals surface area contributed by atoms with Gasteiger partial charge in [0.2, 0.25) is 0 Å². The van der Waals surface area contributed by atoms with Gasteiger partial charge >= 0.3 is 0 Å². The normalized spacial score (nSPS) is 34.8. The molecule has 2 aliphatic rings. The van der Waals surface area contributed by atoms with E-state index in [4.69, 9.17) is 9.47 Å². The summed E-state index contributed by atoms with van der Waals surface area (Å²) in [7, 11) is 0. The predicted molar refractivity (Wildman–Crippen MR) is 81.9 cm³/mol. The first kappa shape index (κ1) is 15.0. The third-order valence-corrected chi connectivity index (χ3v) is 4.72. The van der Waals surface area contributed by atoms with Gasteiger partial charge in [-0.2, -0.15) is 0 Å². The maximum absolute atomic E-state index is 10.2. The molecule has 2 saturated carbocycles. The number of rotatable bonds is 5. The van der Waals surface area contributed by atoms with E-state index in [2.05, 4.69) is 32.9 Å². The van der Waals surface area contributed by atoms with E-state index >= 15 is 0 Å². The second-order valence-electron chi connectivity index (χ2n) is 7.54. The largest absolute Gasteiger partial charge is 0.393 e. The van der Waals surface area contributed by atoms with Crippen molar-refractivity contribution in [2.45, 2.75) is 58.0 Å². The highest BCUT2D eigenvalue weighted by Crippen LogP contribution is 2.65. The van der Waals surface area contributed by atoms with Crippen LogP contribution >= 0.6 is 0 Å². The van der Waals surface area contributed by atoms with Gasteiger partial charge in [0.1, 0.15) is 0 Å². The Bertz CT molecular complexity index is 479. The maximum Gasteiger partial charge on any atom is 0.0717 e. The minimum Gasteiger partial charge on any atom is -0.393 e. The molecule has 116 valence electrons. The summed E-state index contributed by atoms with van der Waals surface area (Å²) >= 11 is 0. The fourth-order valence-corrected chi connectivity index (χ4v) is 3.64. The molecule has 2 aliphatic carbocycles. The highest BCUT2D eigenvalue weighted by molar-refractivity contribution is 5.17. The molecule has 3 rings (SSSR count). The van der Waals surface area contributed by atoms with Crippen LogP contribution in [0.25, 0.3) is 0 Å². The van der Waals surface area contributed by atoms with Crippen molar-refractivity contribution in [2.24, 2.45) is 11.3 Å². The lowest BCUT2D eigenvalue weighted by Gasteiger charge is -2.31. The molecule has 0 heterocycles. The zero-order chi connectivity index (χ0) is 15.1. The van der Waals surface area contributed by atoms with Crippen LogP contribution in [0.3, 0.4) is 0 Å². The molecule has 1 N–H and O–H groups in total. The second-order valence-corrected chi connectivity index (χ2v) is 7.54. The van der Waals surface area contributed by atoms with Crippen molar-refractivity contribution in [3.05, 3.63) is 35.9 Å². The zero-order valence-electron chi connectivity index (χ0n) is 13.2. The molecule has 1 aromatic carbocycles. The van der Waals surface area contributed by atoms with E-state index in [1.165, 1.54) is 5.56 Å². The molecule has 0 spiro atoms. The van der Waals surface area contributed by atoms with Crippen LogP contribution in [0, 0.1) is 11.3 Å². The van der Waals surface area contributed by atoms with Crippen molar-refractivity contribution in [1.29, 1.82) is 0 Å². The van der Waals surface area contributed by atoms with Crippen LogP contribution in [0.5, 0.6) is 0 Å². The minimum absolute atomic E-state index is 0.0431. The van der Waals surface area contributed by atoms with Crippen molar-refractivity contribution in [3.63, 3.8) is 0 Å². The summed E-state index contributed by atoms with van der Waals surface area (Å²) in [4.78, 5) is 0. The van der Waals surface area contributed by atoms with Gasteiger partial charge in [-0.1, -0.05) is 30.3 Å². The molecule has 0 aliphatic heterocycles. The molecule has 0 unspecified atom stereocenters. The summed E-state index contributed by atoms with van der Waals surface area (Å²) in [6.07, 6.45) is 1.67. The van der Waals surface area contributed by atoms with Gasteiger partial charge in [0.05, 0.1) is 31.0 Å². The van der Waals surface area contributed by atoms with Gasteiger partial charge < -0.3 is 14.6 Å². The Balaban J connectivity index is 1.58. The molecular weight excluding hydrogens is 264 g/mol. The summed E-state index contributed by atoms with van der Waals surface area (Å²) in [5, 5.41) is 10.2. The molecule has 21 heavy (non-hydrogen) atoms. The van der Waals surface area contributed by atoms with Gasteiger partial charge in [-0.3, -0.25) is 0 Å². The quantitative estimate of drug-likeness (QED) is 0.905. The number of aliphatic hydroxyl groups excluding tert-OH is 1. The number of aliphatic hydroxyl groups is 1. The number of fused-ring (bicyclic) bond motifs is 1. The molecule has 0 aromatic heterocycles. The first-order valence-electron chi connectivity index (χ1n) is 7.88. The number of benzene rings is 1. The summed E-state index contributed by atoms with van der Waals surface area (Å²) in [6, 6.07) is 10.2. The van der Waals surface area contributed by atoms with Crippen LogP contribution in [-0.2, 0) is 16.1 Å². The van der Waals surface area contributed by atoms with Crippen molar-refractivity contribution >= 4 is 0 Å². The Hall–Kier alpha value is -0.900. The van der Waals surface area contributed by atoms with Crippen molar-refractivity contribution in [3.8, 4) is 0 Å². The average molecular weight is 290 g/mol. The lowest BCUT2D eigenvalue weighted by atomic mass is 10.0. The topological polar surface area (TPSA) is 38.7 Å². The first-order chi connectivity index (χ1) is 9.91. The van der Waals surface area contributed by atoms with Crippen molar-refractivity contribution < 1.29 is 14.6 Å². The molecule has 1 aromatic rings.